The number of aromatic nitrogens is 1. The normalized spacial score (nSPS) is 9.69. The molecule has 1 heterocycles. The van der Waals surface area contributed by atoms with E-state index in [1.54, 1.807) is 12.4 Å². The molecule has 0 spiro atoms. The van der Waals surface area contributed by atoms with Crippen molar-refractivity contribution in [1.82, 2.24) is 10.3 Å². The number of hydrogen-bond acceptors (Lipinski definition) is 4. The predicted octanol–water partition coefficient (Wildman–Crippen LogP) is 1.34. The largest absolute Gasteiger partial charge is 0.361 e. The summed E-state index contributed by atoms with van der Waals surface area (Å²) >= 11 is 7.03. The van der Waals surface area contributed by atoms with Gasteiger partial charge < -0.3 is 10.6 Å². The minimum atomic E-state index is 0.00940. The zero-order valence-electron chi connectivity index (χ0n) is 7.13. The van der Waals surface area contributed by atoms with Crippen LogP contribution >= 0.6 is 22.9 Å². The van der Waals surface area contributed by atoms with Crippen LogP contribution in [0.1, 0.15) is 6.42 Å². The number of hydrogen-bond donors (Lipinski definition) is 2. The number of nitrogens with one attached hydrogen (secondary N) is 2. The van der Waals surface area contributed by atoms with Crippen LogP contribution in [-0.2, 0) is 4.79 Å². The third-order valence-electron chi connectivity index (χ3n) is 1.38. The van der Waals surface area contributed by atoms with Crippen molar-refractivity contribution >= 4 is 34.0 Å². The van der Waals surface area contributed by atoms with Gasteiger partial charge in [0.1, 0.15) is 5.15 Å². The summed E-state index contributed by atoms with van der Waals surface area (Å²) in [5.74, 6) is 0.00940. The SMILES string of the molecule is CNC(=O)CCNc1nc(Cl)cs1. The Bertz CT molecular complexity index is 289. The summed E-state index contributed by atoms with van der Waals surface area (Å²) in [6.45, 7) is 0.573. The molecule has 4 nitrogen and oxygen atoms in total. The molecule has 0 aliphatic heterocycles. The van der Waals surface area contributed by atoms with Gasteiger partial charge in [0.05, 0.1) is 0 Å². The molecule has 1 aromatic heterocycles. The van der Waals surface area contributed by atoms with Gasteiger partial charge in [-0.05, 0) is 0 Å². The molecule has 0 bridgehead atoms. The zero-order chi connectivity index (χ0) is 9.68. The smallest absolute Gasteiger partial charge is 0.221 e. The Morgan fingerprint density at radius 3 is 3.08 bits per heavy atom. The van der Waals surface area contributed by atoms with Gasteiger partial charge in [0.15, 0.2) is 5.13 Å². The predicted molar refractivity (Wildman–Crippen MR) is 54.3 cm³/mol. The van der Waals surface area contributed by atoms with E-state index in [9.17, 15) is 4.79 Å². The summed E-state index contributed by atoms with van der Waals surface area (Å²) in [6.07, 6.45) is 0.438. The molecule has 1 rings (SSSR count). The quantitative estimate of drug-likeness (QED) is 0.804. The molecule has 1 amide bonds. The second kappa shape index (κ2) is 5.04. The highest BCUT2D eigenvalue weighted by molar-refractivity contribution is 7.14. The molecule has 1 aromatic rings. The van der Waals surface area contributed by atoms with Crippen molar-refractivity contribution < 1.29 is 4.79 Å². The minimum Gasteiger partial charge on any atom is -0.361 e. The van der Waals surface area contributed by atoms with Crippen molar-refractivity contribution in [2.45, 2.75) is 6.42 Å². The van der Waals surface area contributed by atoms with Crippen molar-refractivity contribution in [1.29, 1.82) is 0 Å². The van der Waals surface area contributed by atoms with E-state index in [0.29, 0.717) is 18.1 Å². The summed E-state index contributed by atoms with van der Waals surface area (Å²) in [5.41, 5.74) is 0. The lowest BCUT2D eigenvalue weighted by Crippen LogP contribution is -2.20. The van der Waals surface area contributed by atoms with Gasteiger partial charge in [-0.25, -0.2) is 4.98 Å². The Labute approximate surface area is 85.3 Å². The van der Waals surface area contributed by atoms with Crippen molar-refractivity contribution in [3.63, 3.8) is 0 Å². The highest BCUT2D eigenvalue weighted by Crippen LogP contribution is 2.18. The summed E-state index contributed by atoms with van der Waals surface area (Å²) in [4.78, 5) is 14.8. The first-order valence-corrected chi connectivity index (χ1v) is 5.03. The number of halogens is 1. The first-order chi connectivity index (χ1) is 6.22. The lowest BCUT2D eigenvalue weighted by Gasteiger charge is -2.00. The van der Waals surface area contributed by atoms with Gasteiger partial charge in [0.25, 0.3) is 0 Å². The zero-order valence-corrected chi connectivity index (χ0v) is 8.71. The molecule has 0 unspecified atom stereocenters. The molecule has 0 aliphatic rings. The van der Waals surface area contributed by atoms with Crippen molar-refractivity contribution in [2.24, 2.45) is 0 Å². The van der Waals surface area contributed by atoms with Gasteiger partial charge in [0.2, 0.25) is 5.91 Å². The Morgan fingerprint density at radius 2 is 2.54 bits per heavy atom. The Morgan fingerprint density at radius 1 is 1.77 bits per heavy atom. The standard InChI is InChI=1S/C7H10ClN3OS/c1-9-6(12)2-3-10-7-11-5(8)4-13-7/h4H,2-3H2,1H3,(H,9,12)(H,10,11). The molecule has 2 N–H and O–H groups in total. The lowest BCUT2D eigenvalue weighted by molar-refractivity contribution is -0.120. The van der Waals surface area contributed by atoms with E-state index < -0.39 is 0 Å². The molecular formula is C7H10ClN3OS. The third kappa shape index (κ3) is 3.61. The van der Waals surface area contributed by atoms with E-state index >= 15 is 0 Å². The molecule has 0 fully saturated rings. The van der Waals surface area contributed by atoms with Gasteiger partial charge >= 0.3 is 0 Å². The van der Waals surface area contributed by atoms with Crippen LogP contribution < -0.4 is 10.6 Å². The van der Waals surface area contributed by atoms with Gasteiger partial charge in [0, 0.05) is 25.4 Å². The van der Waals surface area contributed by atoms with Gasteiger partial charge in [-0.15, -0.1) is 11.3 Å². The molecule has 0 aliphatic carbocycles. The monoisotopic (exact) mass is 219 g/mol. The van der Waals surface area contributed by atoms with E-state index in [-0.39, 0.29) is 5.91 Å². The molecule has 0 saturated carbocycles. The first kappa shape index (κ1) is 10.3. The van der Waals surface area contributed by atoms with Crippen LogP contribution in [0, 0.1) is 0 Å². The highest BCUT2D eigenvalue weighted by Gasteiger charge is 2.00. The summed E-state index contributed by atoms with van der Waals surface area (Å²) in [6, 6.07) is 0. The second-order valence-electron chi connectivity index (χ2n) is 2.33. The molecular weight excluding hydrogens is 210 g/mol. The van der Waals surface area contributed by atoms with Crippen molar-refractivity contribution in [3.05, 3.63) is 10.5 Å². The number of thiazole rings is 1. The van der Waals surface area contributed by atoms with Crippen LogP contribution in [-0.4, -0.2) is 24.5 Å². The average Bonchev–Trinajstić information content (AvgIpc) is 2.51. The molecule has 13 heavy (non-hydrogen) atoms. The van der Waals surface area contributed by atoms with E-state index in [0.717, 1.165) is 5.13 Å². The van der Waals surface area contributed by atoms with Crippen LogP contribution in [0.15, 0.2) is 5.38 Å². The van der Waals surface area contributed by atoms with Crippen LogP contribution in [0.5, 0.6) is 0 Å². The maximum Gasteiger partial charge on any atom is 0.221 e. The van der Waals surface area contributed by atoms with Crippen molar-refractivity contribution in [2.75, 3.05) is 18.9 Å². The van der Waals surface area contributed by atoms with Gasteiger partial charge in [-0.3, -0.25) is 4.79 Å². The Kier molecular flexibility index (Phi) is 3.98. The second-order valence-corrected chi connectivity index (χ2v) is 3.57. The van der Waals surface area contributed by atoms with Crippen LogP contribution in [0.3, 0.4) is 0 Å². The molecule has 0 atom stereocenters. The number of carbonyl (C=O) groups is 1. The fourth-order valence-electron chi connectivity index (χ4n) is 0.743. The summed E-state index contributed by atoms with van der Waals surface area (Å²) < 4.78 is 0. The van der Waals surface area contributed by atoms with Gasteiger partial charge in [-0.1, -0.05) is 11.6 Å². The fourth-order valence-corrected chi connectivity index (χ4v) is 1.61. The molecule has 0 aromatic carbocycles. The number of carbonyl (C=O) groups excluding carboxylic acids is 1. The summed E-state index contributed by atoms with van der Waals surface area (Å²) in [5, 5.41) is 8.49. The molecule has 0 saturated heterocycles. The van der Waals surface area contributed by atoms with Gasteiger partial charge in [-0.2, -0.15) is 0 Å². The number of anilines is 1. The Hall–Kier alpha value is -0.810. The summed E-state index contributed by atoms with van der Waals surface area (Å²) in [7, 11) is 1.61. The topological polar surface area (TPSA) is 54.0 Å². The molecule has 0 radical (unpaired) electrons. The molecule has 72 valence electrons. The molecule has 6 heteroatoms. The number of nitrogens with zero attached hydrogens (tertiary/aromatic N) is 1. The van der Waals surface area contributed by atoms with E-state index in [1.165, 1.54) is 11.3 Å². The van der Waals surface area contributed by atoms with Crippen LogP contribution in [0.4, 0.5) is 5.13 Å². The van der Waals surface area contributed by atoms with E-state index in [1.807, 2.05) is 0 Å². The highest BCUT2D eigenvalue weighted by atomic mass is 35.5. The van der Waals surface area contributed by atoms with Crippen molar-refractivity contribution in [3.8, 4) is 0 Å². The van der Waals surface area contributed by atoms with E-state index in [4.69, 9.17) is 11.6 Å². The fraction of sp³-hybridized carbons (Fsp3) is 0.429. The first-order valence-electron chi connectivity index (χ1n) is 3.78. The number of rotatable bonds is 4. The van der Waals surface area contributed by atoms with Crippen LogP contribution in [0.2, 0.25) is 5.15 Å². The third-order valence-corrected chi connectivity index (χ3v) is 2.51. The van der Waals surface area contributed by atoms with E-state index in [2.05, 4.69) is 15.6 Å². The van der Waals surface area contributed by atoms with Crippen LogP contribution in [0.25, 0.3) is 0 Å². The minimum absolute atomic E-state index is 0.00940. The average molecular weight is 220 g/mol. The maximum atomic E-state index is 10.8. The number of amides is 1. The lowest BCUT2D eigenvalue weighted by atomic mass is 10.4. The maximum absolute atomic E-state index is 10.8. The Balaban J connectivity index is 2.24.